The second-order valence-corrected chi connectivity index (χ2v) is 5.71. The molecule has 1 fully saturated rings. The Labute approximate surface area is 128 Å². The van der Waals surface area contributed by atoms with Crippen molar-refractivity contribution in [1.82, 2.24) is 15.0 Å². The molecule has 6 nitrogen and oxygen atoms in total. The Kier molecular flexibility index (Phi) is 4.20. The Morgan fingerprint density at radius 1 is 1.45 bits per heavy atom. The summed E-state index contributed by atoms with van der Waals surface area (Å²) in [6.07, 6.45) is 3.46. The Morgan fingerprint density at radius 3 is 2.86 bits per heavy atom. The number of rotatable bonds is 4. The van der Waals surface area contributed by atoms with Gasteiger partial charge < -0.3 is 14.5 Å². The summed E-state index contributed by atoms with van der Waals surface area (Å²) in [5.41, 5.74) is 1.46. The zero-order valence-corrected chi connectivity index (χ0v) is 12.5. The first-order valence-electron chi connectivity index (χ1n) is 7.51. The highest BCUT2D eigenvalue weighted by molar-refractivity contribution is 5.95. The molecule has 1 aliphatic rings. The topological polar surface area (TPSA) is 79.5 Å². The van der Waals surface area contributed by atoms with Gasteiger partial charge in [0.05, 0.1) is 6.10 Å². The molecule has 1 aromatic carbocycles. The van der Waals surface area contributed by atoms with Gasteiger partial charge in [0.2, 0.25) is 12.2 Å². The summed E-state index contributed by atoms with van der Waals surface area (Å²) in [6.45, 7) is 2.52. The zero-order chi connectivity index (χ0) is 15.5. The molecule has 2 aromatic rings. The summed E-state index contributed by atoms with van der Waals surface area (Å²) in [4.78, 5) is 18.5. The first-order chi connectivity index (χ1) is 10.6. The van der Waals surface area contributed by atoms with E-state index in [1.54, 1.807) is 19.1 Å². The van der Waals surface area contributed by atoms with Crippen molar-refractivity contribution in [2.24, 2.45) is 0 Å². The van der Waals surface area contributed by atoms with Gasteiger partial charge in [-0.15, -0.1) is 0 Å². The van der Waals surface area contributed by atoms with Crippen LogP contribution in [0.15, 0.2) is 35.2 Å². The number of aliphatic hydroxyl groups is 1. The number of benzene rings is 1. The number of carbonyl (C=O) groups is 1. The summed E-state index contributed by atoms with van der Waals surface area (Å²) in [5, 5.41) is 13.3. The van der Waals surface area contributed by atoms with E-state index < -0.39 is 0 Å². The van der Waals surface area contributed by atoms with Crippen LogP contribution in [0.25, 0.3) is 11.4 Å². The van der Waals surface area contributed by atoms with Crippen LogP contribution in [0.2, 0.25) is 0 Å². The average molecular weight is 301 g/mol. The summed E-state index contributed by atoms with van der Waals surface area (Å²) in [6, 6.07) is 7.33. The Balaban J connectivity index is 1.74. The van der Waals surface area contributed by atoms with Crippen LogP contribution in [0, 0.1) is 0 Å². The van der Waals surface area contributed by atoms with E-state index in [0.717, 1.165) is 24.9 Å². The van der Waals surface area contributed by atoms with Crippen molar-refractivity contribution in [2.75, 3.05) is 6.54 Å². The van der Waals surface area contributed by atoms with Gasteiger partial charge >= 0.3 is 0 Å². The van der Waals surface area contributed by atoms with Crippen molar-refractivity contribution in [1.29, 1.82) is 0 Å². The van der Waals surface area contributed by atoms with E-state index in [4.69, 9.17) is 4.52 Å². The van der Waals surface area contributed by atoms with Crippen molar-refractivity contribution < 1.29 is 14.4 Å². The smallest absolute Gasteiger partial charge is 0.254 e. The molecule has 1 N–H and O–H groups in total. The quantitative estimate of drug-likeness (QED) is 0.935. The normalized spacial score (nSPS) is 19.4. The average Bonchev–Trinajstić information content (AvgIpc) is 3.17. The summed E-state index contributed by atoms with van der Waals surface area (Å²) in [5.74, 6) is 0.523. The molecule has 3 rings (SSSR count). The molecule has 6 heteroatoms. The van der Waals surface area contributed by atoms with Crippen molar-refractivity contribution in [2.45, 2.75) is 38.3 Å². The molecule has 0 spiro atoms. The van der Waals surface area contributed by atoms with Crippen LogP contribution in [0.1, 0.15) is 36.5 Å². The van der Waals surface area contributed by atoms with Gasteiger partial charge in [-0.25, -0.2) is 0 Å². The lowest BCUT2D eigenvalue weighted by Crippen LogP contribution is -2.37. The van der Waals surface area contributed by atoms with Gasteiger partial charge in [0.15, 0.2) is 0 Å². The fourth-order valence-corrected chi connectivity index (χ4v) is 2.97. The standard InChI is InChI=1S/C16H19N3O3/c1-11(20)9-14-3-2-8-19(14)16(21)13-6-4-12(5-7-13)15-17-10-22-18-15/h4-7,10-11,14,20H,2-3,8-9H2,1H3. The second kappa shape index (κ2) is 6.27. The molecule has 116 valence electrons. The molecule has 0 bridgehead atoms. The molecule has 2 atom stereocenters. The highest BCUT2D eigenvalue weighted by Crippen LogP contribution is 2.24. The Morgan fingerprint density at radius 2 is 2.23 bits per heavy atom. The highest BCUT2D eigenvalue weighted by atomic mass is 16.5. The summed E-state index contributed by atoms with van der Waals surface area (Å²) < 4.78 is 4.72. The minimum Gasteiger partial charge on any atom is -0.393 e. The number of aliphatic hydroxyl groups excluding tert-OH is 1. The number of amides is 1. The SMILES string of the molecule is CC(O)CC1CCCN1C(=O)c1ccc(-c2ncon2)cc1. The van der Waals surface area contributed by atoms with E-state index in [-0.39, 0.29) is 18.1 Å². The predicted octanol–water partition coefficient (Wildman–Crippen LogP) is 2.11. The van der Waals surface area contributed by atoms with Gasteiger partial charge in [0.25, 0.3) is 5.91 Å². The van der Waals surface area contributed by atoms with Crippen molar-refractivity contribution in [3.8, 4) is 11.4 Å². The third-order valence-electron chi connectivity index (χ3n) is 4.00. The molecule has 0 saturated carbocycles. The van der Waals surface area contributed by atoms with Gasteiger partial charge in [-0.3, -0.25) is 4.79 Å². The van der Waals surface area contributed by atoms with Gasteiger partial charge in [-0.05, 0) is 38.3 Å². The molecule has 1 aliphatic heterocycles. The van der Waals surface area contributed by atoms with Gasteiger partial charge in [-0.2, -0.15) is 4.98 Å². The first kappa shape index (κ1) is 14.7. The van der Waals surface area contributed by atoms with E-state index in [1.807, 2.05) is 17.0 Å². The van der Waals surface area contributed by atoms with Crippen LogP contribution in [0.3, 0.4) is 0 Å². The van der Waals surface area contributed by atoms with E-state index >= 15 is 0 Å². The monoisotopic (exact) mass is 301 g/mol. The third-order valence-corrected chi connectivity index (χ3v) is 4.00. The summed E-state index contributed by atoms with van der Waals surface area (Å²) >= 11 is 0. The fourth-order valence-electron chi connectivity index (χ4n) is 2.97. The highest BCUT2D eigenvalue weighted by Gasteiger charge is 2.30. The maximum atomic E-state index is 12.6. The number of carbonyl (C=O) groups excluding carboxylic acids is 1. The maximum Gasteiger partial charge on any atom is 0.254 e. The maximum absolute atomic E-state index is 12.6. The number of aromatic nitrogens is 2. The van der Waals surface area contributed by atoms with Crippen LogP contribution in [0.5, 0.6) is 0 Å². The van der Waals surface area contributed by atoms with E-state index in [1.165, 1.54) is 6.39 Å². The van der Waals surface area contributed by atoms with E-state index in [0.29, 0.717) is 17.8 Å². The minimum absolute atomic E-state index is 0.0165. The Hall–Kier alpha value is -2.21. The second-order valence-electron chi connectivity index (χ2n) is 5.71. The molecule has 1 saturated heterocycles. The fraction of sp³-hybridized carbons (Fsp3) is 0.438. The van der Waals surface area contributed by atoms with Crippen LogP contribution >= 0.6 is 0 Å². The zero-order valence-electron chi connectivity index (χ0n) is 12.5. The number of hydrogen-bond donors (Lipinski definition) is 1. The van der Waals surface area contributed by atoms with E-state index in [2.05, 4.69) is 10.1 Å². The minimum atomic E-state index is -0.390. The molecule has 22 heavy (non-hydrogen) atoms. The lowest BCUT2D eigenvalue weighted by Gasteiger charge is -2.25. The number of nitrogens with zero attached hydrogens (tertiary/aromatic N) is 3. The lowest BCUT2D eigenvalue weighted by molar-refractivity contribution is 0.0682. The van der Waals surface area contributed by atoms with Crippen molar-refractivity contribution in [3.05, 3.63) is 36.2 Å². The van der Waals surface area contributed by atoms with E-state index in [9.17, 15) is 9.90 Å². The Bertz CT molecular complexity index is 623. The molecule has 0 aliphatic carbocycles. The number of likely N-dealkylation sites (tertiary alicyclic amines) is 1. The third kappa shape index (κ3) is 3.01. The lowest BCUT2D eigenvalue weighted by atomic mass is 10.1. The number of hydrogen-bond acceptors (Lipinski definition) is 5. The van der Waals surface area contributed by atoms with Gasteiger partial charge in [0.1, 0.15) is 0 Å². The van der Waals surface area contributed by atoms with Crippen LogP contribution in [0.4, 0.5) is 0 Å². The molecular formula is C16H19N3O3. The predicted molar refractivity (Wildman–Crippen MR) is 80.1 cm³/mol. The van der Waals surface area contributed by atoms with Gasteiger partial charge in [0, 0.05) is 23.7 Å². The molecule has 2 heterocycles. The first-order valence-corrected chi connectivity index (χ1v) is 7.51. The molecule has 1 amide bonds. The van der Waals surface area contributed by atoms with Crippen LogP contribution in [-0.4, -0.2) is 44.7 Å². The van der Waals surface area contributed by atoms with Crippen molar-refractivity contribution in [3.63, 3.8) is 0 Å². The molecule has 0 radical (unpaired) electrons. The van der Waals surface area contributed by atoms with Crippen LogP contribution < -0.4 is 0 Å². The summed E-state index contributed by atoms with van der Waals surface area (Å²) in [7, 11) is 0. The molecular weight excluding hydrogens is 282 g/mol. The largest absolute Gasteiger partial charge is 0.393 e. The molecule has 2 unspecified atom stereocenters. The van der Waals surface area contributed by atoms with Crippen LogP contribution in [-0.2, 0) is 0 Å². The van der Waals surface area contributed by atoms with Crippen molar-refractivity contribution >= 4 is 5.91 Å². The van der Waals surface area contributed by atoms with Gasteiger partial charge in [-0.1, -0.05) is 17.3 Å². The molecule has 1 aromatic heterocycles.